The van der Waals surface area contributed by atoms with E-state index in [1.807, 2.05) is 0 Å². The first-order valence-electron chi connectivity index (χ1n) is 11.3. The largest absolute Gasteiger partial charge is 0.463 e. The van der Waals surface area contributed by atoms with E-state index in [-0.39, 0.29) is 17.1 Å². The molecule has 1 amide bonds. The third kappa shape index (κ3) is 5.98. The fraction of sp³-hybridized carbons (Fsp3) is 0.304. The number of ether oxygens (including phenoxy) is 1. The maximum Gasteiger partial charge on any atom is 0.347 e. The highest BCUT2D eigenvalue weighted by Gasteiger charge is 2.41. The molecule has 0 bridgehead atoms. The Balaban J connectivity index is 1.48. The number of aromatic nitrogens is 2. The van der Waals surface area contributed by atoms with Crippen LogP contribution >= 0.6 is 0 Å². The summed E-state index contributed by atoms with van der Waals surface area (Å²) in [6, 6.07) is 12.3. The Kier molecular flexibility index (Phi) is 7.50. The predicted octanol–water partition coefficient (Wildman–Crippen LogP) is 0.470. The van der Waals surface area contributed by atoms with Crippen LogP contribution in [0.3, 0.4) is 0 Å². The smallest absolute Gasteiger partial charge is 0.347 e. The van der Waals surface area contributed by atoms with E-state index in [1.165, 1.54) is 19.1 Å². The van der Waals surface area contributed by atoms with Gasteiger partial charge in [-0.25, -0.2) is 13.2 Å². The van der Waals surface area contributed by atoms with E-state index in [1.54, 1.807) is 42.6 Å². The number of carbonyl (C=O) groups is 2. The van der Waals surface area contributed by atoms with E-state index < -0.39 is 27.6 Å². The zero-order valence-corrected chi connectivity index (χ0v) is 20.4. The number of sulfonamides is 1. The maximum atomic E-state index is 13.1. The molecule has 12 nitrogen and oxygen atoms in total. The van der Waals surface area contributed by atoms with Gasteiger partial charge in [0.2, 0.25) is 15.7 Å². The summed E-state index contributed by atoms with van der Waals surface area (Å²) < 4.78 is 33.7. The van der Waals surface area contributed by atoms with Gasteiger partial charge < -0.3 is 20.7 Å². The number of nitrogens with one attached hydrogen (secondary N) is 5. The monoisotopic (exact) mass is 513 g/mol. The van der Waals surface area contributed by atoms with Crippen molar-refractivity contribution in [1.82, 2.24) is 30.9 Å². The van der Waals surface area contributed by atoms with Gasteiger partial charge in [-0.2, -0.15) is 9.82 Å². The zero-order valence-electron chi connectivity index (χ0n) is 19.6. The molecule has 4 rings (SSSR count). The summed E-state index contributed by atoms with van der Waals surface area (Å²) in [5.74, 6) is -0.931. The van der Waals surface area contributed by atoms with E-state index in [0.717, 1.165) is 12.1 Å². The van der Waals surface area contributed by atoms with Gasteiger partial charge in [-0.1, -0.05) is 18.2 Å². The Morgan fingerprint density at radius 1 is 1.17 bits per heavy atom. The van der Waals surface area contributed by atoms with Crippen molar-refractivity contribution in [2.75, 3.05) is 26.2 Å². The van der Waals surface area contributed by atoms with Crippen molar-refractivity contribution in [3.05, 3.63) is 60.3 Å². The molecule has 0 fully saturated rings. The lowest BCUT2D eigenvalue weighted by Crippen LogP contribution is -2.64. The summed E-state index contributed by atoms with van der Waals surface area (Å²) in [7, 11) is -4.18. The molecule has 13 heteroatoms. The topological polar surface area (TPSA) is 167 Å². The van der Waals surface area contributed by atoms with Crippen LogP contribution in [0.15, 0.2) is 64.6 Å². The fourth-order valence-electron chi connectivity index (χ4n) is 3.53. The normalized spacial score (nSPS) is 15.0. The van der Waals surface area contributed by atoms with Crippen molar-refractivity contribution in [2.45, 2.75) is 23.9 Å². The van der Waals surface area contributed by atoms with Crippen molar-refractivity contribution in [3.63, 3.8) is 0 Å². The van der Waals surface area contributed by atoms with E-state index in [2.05, 4.69) is 35.9 Å². The number of carbonyl (C=O) groups excluding carboxylic acids is 2. The van der Waals surface area contributed by atoms with Crippen molar-refractivity contribution in [2.24, 2.45) is 4.99 Å². The molecule has 5 N–H and O–H groups in total. The number of esters is 1. The van der Waals surface area contributed by atoms with Crippen LogP contribution in [0.1, 0.15) is 23.7 Å². The average Bonchev–Trinajstić information content (AvgIpc) is 3.55. The summed E-state index contributed by atoms with van der Waals surface area (Å²) in [5.41, 5.74) is -1.14. The first-order valence-corrected chi connectivity index (χ1v) is 12.8. The number of rotatable bonds is 10. The molecule has 0 radical (unpaired) electrons. The van der Waals surface area contributed by atoms with Crippen LogP contribution in [-0.2, 0) is 19.6 Å². The minimum absolute atomic E-state index is 0.00137. The molecule has 0 spiro atoms. The van der Waals surface area contributed by atoms with Gasteiger partial charge in [0.15, 0.2) is 5.96 Å². The number of amides is 1. The standard InChI is InChI=1S/C23H27N7O5S/c1-23(30-36(33,34)18-6-3-2-4-7-18,21(32)35-13-5-10-24-22-25-11-12-26-22)28-20(31)16-8-9-19-17(14-16)15-27-29-19/h2-4,6-9,14-15,30H,5,10-13H2,1H3,(H,27,29)(H,28,31)(H2,24,25,26)/t23-/m0/s1. The van der Waals surface area contributed by atoms with Crippen molar-refractivity contribution >= 4 is 38.8 Å². The van der Waals surface area contributed by atoms with Crippen molar-refractivity contribution in [3.8, 4) is 0 Å². The summed E-state index contributed by atoms with van der Waals surface area (Å²) in [5, 5.41) is 16.0. The SMILES string of the molecule is C[C@](NC(=O)c1ccc2[nH]ncc2c1)(NS(=O)(=O)c1ccccc1)C(=O)OCCCNC1=NCCN1. The zero-order chi connectivity index (χ0) is 25.6. The molecular weight excluding hydrogens is 486 g/mol. The highest BCUT2D eigenvalue weighted by molar-refractivity contribution is 7.89. The number of aliphatic imine (C=N–C) groups is 1. The molecule has 0 aliphatic carbocycles. The molecule has 2 aromatic carbocycles. The van der Waals surface area contributed by atoms with Crippen LogP contribution in [0.5, 0.6) is 0 Å². The number of hydrogen-bond donors (Lipinski definition) is 5. The molecule has 190 valence electrons. The Bertz CT molecular complexity index is 1370. The Morgan fingerprint density at radius 3 is 2.72 bits per heavy atom. The number of benzene rings is 2. The molecule has 0 saturated heterocycles. The Morgan fingerprint density at radius 2 is 1.97 bits per heavy atom. The van der Waals surface area contributed by atoms with Crippen LogP contribution in [0, 0.1) is 0 Å². The number of H-pyrrole nitrogens is 1. The number of hydrogen-bond acceptors (Lipinski definition) is 9. The van der Waals surface area contributed by atoms with E-state index in [4.69, 9.17) is 4.74 Å². The quantitative estimate of drug-likeness (QED) is 0.148. The predicted molar refractivity (Wildman–Crippen MR) is 133 cm³/mol. The molecule has 0 unspecified atom stereocenters. The Hall–Kier alpha value is -3.97. The maximum absolute atomic E-state index is 13.1. The summed E-state index contributed by atoms with van der Waals surface area (Å²) in [4.78, 5) is 30.3. The second kappa shape index (κ2) is 10.7. The van der Waals surface area contributed by atoms with Crippen LogP contribution < -0.4 is 20.7 Å². The van der Waals surface area contributed by atoms with Gasteiger partial charge >= 0.3 is 5.97 Å². The van der Waals surface area contributed by atoms with Gasteiger partial charge in [-0.15, -0.1) is 0 Å². The van der Waals surface area contributed by atoms with Gasteiger partial charge in [-0.05, 0) is 43.7 Å². The molecule has 1 atom stereocenters. The lowest BCUT2D eigenvalue weighted by Gasteiger charge is -2.29. The third-order valence-corrected chi connectivity index (χ3v) is 6.96. The molecular formula is C23H27N7O5S. The van der Waals surface area contributed by atoms with Crippen molar-refractivity contribution < 1.29 is 22.7 Å². The van der Waals surface area contributed by atoms with E-state index in [0.29, 0.717) is 30.9 Å². The van der Waals surface area contributed by atoms with Crippen LogP contribution in [-0.4, -0.2) is 68.4 Å². The van der Waals surface area contributed by atoms with E-state index in [9.17, 15) is 18.0 Å². The highest BCUT2D eigenvalue weighted by atomic mass is 32.2. The van der Waals surface area contributed by atoms with Gasteiger partial charge in [0.25, 0.3) is 5.91 Å². The van der Waals surface area contributed by atoms with Gasteiger partial charge in [0, 0.05) is 24.0 Å². The summed E-state index contributed by atoms with van der Waals surface area (Å²) in [6.07, 6.45) is 2.00. The molecule has 1 aliphatic heterocycles. The van der Waals surface area contributed by atoms with Gasteiger partial charge in [-0.3, -0.25) is 14.9 Å². The molecule has 36 heavy (non-hydrogen) atoms. The number of fused-ring (bicyclic) bond motifs is 1. The fourth-order valence-corrected chi connectivity index (χ4v) is 4.84. The second-order valence-corrected chi connectivity index (χ2v) is 9.93. The summed E-state index contributed by atoms with van der Waals surface area (Å²) in [6.45, 7) is 3.20. The molecule has 1 aromatic heterocycles. The number of aromatic amines is 1. The Labute approximate surface area is 208 Å². The number of guanidine groups is 1. The second-order valence-electron chi connectivity index (χ2n) is 8.24. The highest BCUT2D eigenvalue weighted by Crippen LogP contribution is 2.16. The minimum Gasteiger partial charge on any atom is -0.463 e. The van der Waals surface area contributed by atoms with Crippen LogP contribution in [0.25, 0.3) is 10.9 Å². The molecule has 3 aromatic rings. The van der Waals surface area contributed by atoms with Gasteiger partial charge in [0.05, 0.1) is 29.8 Å². The van der Waals surface area contributed by atoms with Crippen LogP contribution in [0.4, 0.5) is 0 Å². The molecule has 2 heterocycles. The molecule has 0 saturated carbocycles. The first-order chi connectivity index (χ1) is 17.3. The minimum atomic E-state index is -4.18. The first kappa shape index (κ1) is 25.1. The van der Waals surface area contributed by atoms with Gasteiger partial charge in [0.1, 0.15) is 0 Å². The van der Waals surface area contributed by atoms with Crippen molar-refractivity contribution in [1.29, 1.82) is 0 Å². The van der Waals surface area contributed by atoms with Crippen LogP contribution in [0.2, 0.25) is 0 Å². The van der Waals surface area contributed by atoms with E-state index >= 15 is 0 Å². The molecule has 1 aliphatic rings. The summed E-state index contributed by atoms with van der Waals surface area (Å²) >= 11 is 0. The lowest BCUT2D eigenvalue weighted by molar-refractivity contribution is -0.151. The lowest BCUT2D eigenvalue weighted by atomic mass is 10.1. The third-order valence-electron chi connectivity index (χ3n) is 5.39. The average molecular weight is 514 g/mol. The number of nitrogens with zero attached hydrogens (tertiary/aromatic N) is 2.